The van der Waals surface area contributed by atoms with Gasteiger partial charge in [-0.1, -0.05) is 17.7 Å². The first kappa shape index (κ1) is 13.2. The van der Waals surface area contributed by atoms with Crippen LogP contribution in [0.25, 0.3) is 0 Å². The predicted octanol–water partition coefficient (Wildman–Crippen LogP) is 3.82. The maximum atomic E-state index is 8.68. The Morgan fingerprint density at radius 3 is 2.75 bits per heavy atom. The van der Waals surface area contributed by atoms with E-state index in [-0.39, 0.29) is 6.04 Å². The standard InChI is InChI=1S/C12H14Cl2N2/c1-9(5-6-15)16(2)12-7-11(14)4-3-10(12)8-13/h3-4,7,9H,5,8H2,1-2H3. The van der Waals surface area contributed by atoms with Gasteiger partial charge in [0.15, 0.2) is 0 Å². The van der Waals surface area contributed by atoms with Crippen molar-refractivity contribution in [3.05, 3.63) is 28.8 Å². The molecule has 0 aliphatic carbocycles. The van der Waals surface area contributed by atoms with Crippen LogP contribution in [0.15, 0.2) is 18.2 Å². The van der Waals surface area contributed by atoms with Crippen LogP contribution in [-0.4, -0.2) is 13.1 Å². The van der Waals surface area contributed by atoms with E-state index >= 15 is 0 Å². The van der Waals surface area contributed by atoms with Gasteiger partial charge in [-0.2, -0.15) is 5.26 Å². The Morgan fingerprint density at radius 2 is 2.19 bits per heavy atom. The van der Waals surface area contributed by atoms with Gasteiger partial charge < -0.3 is 4.90 Å². The molecular weight excluding hydrogens is 243 g/mol. The normalized spacial score (nSPS) is 11.9. The lowest BCUT2D eigenvalue weighted by molar-refractivity contribution is 0.700. The molecule has 4 heteroatoms. The van der Waals surface area contributed by atoms with E-state index in [0.717, 1.165) is 11.3 Å². The van der Waals surface area contributed by atoms with Crippen molar-refractivity contribution in [3.63, 3.8) is 0 Å². The minimum Gasteiger partial charge on any atom is -0.371 e. The molecule has 0 saturated carbocycles. The van der Waals surface area contributed by atoms with E-state index in [1.807, 2.05) is 37.1 Å². The quantitative estimate of drug-likeness (QED) is 0.767. The van der Waals surface area contributed by atoms with Gasteiger partial charge in [-0.25, -0.2) is 0 Å². The molecule has 0 N–H and O–H groups in total. The van der Waals surface area contributed by atoms with Crippen LogP contribution in [-0.2, 0) is 5.88 Å². The van der Waals surface area contributed by atoms with Gasteiger partial charge >= 0.3 is 0 Å². The number of hydrogen-bond acceptors (Lipinski definition) is 2. The molecule has 0 aromatic heterocycles. The summed E-state index contributed by atoms with van der Waals surface area (Å²) in [4.78, 5) is 2.03. The van der Waals surface area contributed by atoms with Crippen molar-refractivity contribution in [2.75, 3.05) is 11.9 Å². The van der Waals surface area contributed by atoms with Crippen LogP contribution in [0.1, 0.15) is 18.9 Å². The molecule has 0 spiro atoms. The fraction of sp³-hybridized carbons (Fsp3) is 0.417. The number of hydrogen-bond donors (Lipinski definition) is 0. The van der Waals surface area contributed by atoms with E-state index in [0.29, 0.717) is 17.3 Å². The molecule has 0 saturated heterocycles. The maximum Gasteiger partial charge on any atom is 0.0643 e. The Bertz CT molecular complexity index is 398. The zero-order valence-electron chi connectivity index (χ0n) is 9.37. The number of benzene rings is 1. The van der Waals surface area contributed by atoms with Crippen molar-refractivity contribution in [1.29, 1.82) is 5.26 Å². The van der Waals surface area contributed by atoms with Gasteiger partial charge in [0.2, 0.25) is 0 Å². The summed E-state index contributed by atoms with van der Waals surface area (Å²) in [5.41, 5.74) is 2.02. The zero-order valence-corrected chi connectivity index (χ0v) is 10.9. The molecule has 0 bridgehead atoms. The van der Waals surface area contributed by atoms with E-state index in [1.54, 1.807) is 0 Å². The van der Waals surface area contributed by atoms with Crippen molar-refractivity contribution in [3.8, 4) is 6.07 Å². The fourth-order valence-electron chi connectivity index (χ4n) is 1.48. The van der Waals surface area contributed by atoms with Crippen molar-refractivity contribution in [1.82, 2.24) is 0 Å². The van der Waals surface area contributed by atoms with Crippen LogP contribution >= 0.6 is 23.2 Å². The Morgan fingerprint density at radius 1 is 1.50 bits per heavy atom. The molecule has 1 unspecified atom stereocenters. The number of nitrogens with zero attached hydrogens (tertiary/aromatic N) is 2. The molecule has 86 valence electrons. The van der Waals surface area contributed by atoms with Crippen molar-refractivity contribution in [2.45, 2.75) is 25.3 Å². The molecule has 16 heavy (non-hydrogen) atoms. The van der Waals surface area contributed by atoms with Crippen molar-refractivity contribution < 1.29 is 0 Å². The van der Waals surface area contributed by atoms with Gasteiger partial charge in [0.1, 0.15) is 0 Å². The molecule has 0 aliphatic rings. The second kappa shape index (κ2) is 5.98. The highest BCUT2D eigenvalue weighted by atomic mass is 35.5. The highest BCUT2D eigenvalue weighted by Crippen LogP contribution is 2.27. The maximum absolute atomic E-state index is 8.68. The van der Waals surface area contributed by atoms with Gasteiger partial charge in [0.25, 0.3) is 0 Å². The topological polar surface area (TPSA) is 27.0 Å². The molecule has 0 aliphatic heterocycles. The Balaban J connectivity index is 3.01. The van der Waals surface area contributed by atoms with Gasteiger partial charge in [0, 0.05) is 29.7 Å². The van der Waals surface area contributed by atoms with Crippen LogP contribution < -0.4 is 4.90 Å². The van der Waals surface area contributed by atoms with E-state index in [2.05, 4.69) is 6.07 Å². The molecular formula is C12H14Cl2N2. The number of nitriles is 1. The molecule has 2 nitrogen and oxygen atoms in total. The zero-order chi connectivity index (χ0) is 12.1. The molecule has 1 aromatic rings. The van der Waals surface area contributed by atoms with Crippen molar-refractivity contribution in [2.24, 2.45) is 0 Å². The molecule has 0 heterocycles. The number of alkyl halides is 1. The predicted molar refractivity (Wildman–Crippen MR) is 69.1 cm³/mol. The van der Waals surface area contributed by atoms with Crippen LogP contribution in [0, 0.1) is 11.3 Å². The van der Waals surface area contributed by atoms with Gasteiger partial charge in [-0.05, 0) is 24.6 Å². The molecule has 1 aromatic carbocycles. The minimum absolute atomic E-state index is 0.144. The SMILES string of the molecule is CC(CC#N)N(C)c1cc(Cl)ccc1CCl. The molecule has 0 radical (unpaired) electrons. The second-order valence-electron chi connectivity index (χ2n) is 3.73. The first-order valence-corrected chi connectivity index (χ1v) is 5.95. The first-order valence-electron chi connectivity index (χ1n) is 5.04. The van der Waals surface area contributed by atoms with Crippen LogP contribution in [0.2, 0.25) is 5.02 Å². The van der Waals surface area contributed by atoms with Crippen LogP contribution in [0.3, 0.4) is 0 Å². The van der Waals surface area contributed by atoms with Gasteiger partial charge in [-0.15, -0.1) is 11.6 Å². The summed E-state index contributed by atoms with van der Waals surface area (Å²) in [6.07, 6.45) is 0.477. The lowest BCUT2D eigenvalue weighted by Crippen LogP contribution is -2.29. The van der Waals surface area contributed by atoms with Gasteiger partial charge in [0.05, 0.1) is 12.5 Å². The minimum atomic E-state index is 0.144. The summed E-state index contributed by atoms with van der Waals surface area (Å²) in [6.45, 7) is 2.00. The summed E-state index contributed by atoms with van der Waals surface area (Å²) < 4.78 is 0. The summed E-state index contributed by atoms with van der Waals surface area (Å²) in [5.74, 6) is 0.441. The molecule has 0 fully saturated rings. The summed E-state index contributed by atoms with van der Waals surface area (Å²) >= 11 is 11.8. The molecule has 1 rings (SSSR count). The Kier molecular flexibility index (Phi) is 4.92. The Hall–Kier alpha value is -0.910. The van der Waals surface area contributed by atoms with E-state index in [4.69, 9.17) is 28.5 Å². The van der Waals surface area contributed by atoms with E-state index in [9.17, 15) is 0 Å². The summed E-state index contributed by atoms with van der Waals surface area (Å²) in [5, 5.41) is 9.37. The lowest BCUT2D eigenvalue weighted by atomic mass is 10.1. The smallest absolute Gasteiger partial charge is 0.0643 e. The van der Waals surface area contributed by atoms with E-state index in [1.165, 1.54) is 0 Å². The van der Waals surface area contributed by atoms with Crippen LogP contribution in [0.5, 0.6) is 0 Å². The fourth-order valence-corrected chi connectivity index (χ4v) is 1.88. The third kappa shape index (κ3) is 3.04. The third-order valence-electron chi connectivity index (χ3n) is 2.62. The van der Waals surface area contributed by atoms with E-state index < -0.39 is 0 Å². The first-order chi connectivity index (χ1) is 7.60. The monoisotopic (exact) mass is 256 g/mol. The largest absolute Gasteiger partial charge is 0.371 e. The number of halogens is 2. The Labute approximate surface area is 106 Å². The third-order valence-corrected chi connectivity index (χ3v) is 3.14. The molecule has 1 atom stereocenters. The number of rotatable bonds is 4. The number of anilines is 1. The average molecular weight is 257 g/mol. The summed E-state index contributed by atoms with van der Waals surface area (Å²) in [6, 6.07) is 7.93. The lowest BCUT2D eigenvalue weighted by Gasteiger charge is -2.27. The van der Waals surface area contributed by atoms with Crippen molar-refractivity contribution >= 4 is 28.9 Å². The molecule has 0 amide bonds. The van der Waals surface area contributed by atoms with Gasteiger partial charge in [-0.3, -0.25) is 0 Å². The average Bonchev–Trinajstić information content (AvgIpc) is 2.28. The highest BCUT2D eigenvalue weighted by molar-refractivity contribution is 6.31. The van der Waals surface area contributed by atoms with Crippen LogP contribution in [0.4, 0.5) is 5.69 Å². The second-order valence-corrected chi connectivity index (χ2v) is 4.43. The highest BCUT2D eigenvalue weighted by Gasteiger charge is 2.13. The summed E-state index contributed by atoms with van der Waals surface area (Å²) in [7, 11) is 1.95.